The van der Waals surface area contributed by atoms with Gasteiger partial charge < -0.3 is 10.4 Å². The van der Waals surface area contributed by atoms with E-state index >= 15 is 0 Å². The molecule has 4 nitrogen and oxygen atoms in total. The summed E-state index contributed by atoms with van der Waals surface area (Å²) in [4.78, 5) is 15.4. The van der Waals surface area contributed by atoms with Gasteiger partial charge in [0.05, 0.1) is 6.42 Å². The summed E-state index contributed by atoms with van der Waals surface area (Å²) in [5, 5.41) is 12.3. The van der Waals surface area contributed by atoms with E-state index < -0.39 is 5.97 Å². The highest BCUT2D eigenvalue weighted by Crippen LogP contribution is 2.37. The summed E-state index contributed by atoms with van der Waals surface area (Å²) in [6, 6.07) is 7.67. The second kappa shape index (κ2) is 5.88. The van der Waals surface area contributed by atoms with Crippen LogP contribution in [0.5, 0.6) is 0 Å². The van der Waals surface area contributed by atoms with Gasteiger partial charge in [-0.05, 0) is 18.4 Å². The van der Waals surface area contributed by atoms with Crippen molar-refractivity contribution in [1.29, 1.82) is 0 Å². The van der Waals surface area contributed by atoms with Crippen molar-refractivity contribution >= 4 is 11.8 Å². The molecule has 1 heterocycles. The number of rotatable bonds is 3. The van der Waals surface area contributed by atoms with E-state index in [1.807, 2.05) is 24.3 Å². The minimum absolute atomic E-state index is 0.0727. The Morgan fingerprint density at radius 3 is 2.48 bits per heavy atom. The van der Waals surface area contributed by atoms with Crippen molar-refractivity contribution in [3.63, 3.8) is 0 Å². The van der Waals surface area contributed by atoms with E-state index in [-0.39, 0.29) is 6.42 Å². The van der Waals surface area contributed by atoms with Crippen molar-refractivity contribution in [3.05, 3.63) is 35.4 Å². The Balaban J connectivity index is 1.69. The standard InChI is InChI=1S/C17H22N2O2/c20-15(21)10-13-4-6-14(7-5-13)16-18-11-17(12-19-16)8-2-1-3-9-17/h4-7H,1-3,8-12H2,(H,18,19)(H,20,21). The molecule has 2 N–H and O–H groups in total. The summed E-state index contributed by atoms with van der Waals surface area (Å²) in [5.41, 5.74) is 2.26. The molecular formula is C17H22N2O2. The second-order valence-electron chi connectivity index (χ2n) is 6.35. The molecule has 0 amide bonds. The van der Waals surface area contributed by atoms with Gasteiger partial charge in [-0.15, -0.1) is 0 Å². The van der Waals surface area contributed by atoms with E-state index in [4.69, 9.17) is 10.1 Å². The first-order chi connectivity index (χ1) is 10.2. The van der Waals surface area contributed by atoms with E-state index in [0.717, 1.165) is 30.1 Å². The number of carboxylic acid groups (broad SMARTS) is 1. The summed E-state index contributed by atoms with van der Waals surface area (Å²) in [5.74, 6) is 0.156. The average molecular weight is 286 g/mol. The molecule has 0 saturated heterocycles. The van der Waals surface area contributed by atoms with Gasteiger partial charge >= 0.3 is 5.97 Å². The Hall–Kier alpha value is -1.84. The van der Waals surface area contributed by atoms with Gasteiger partial charge in [-0.25, -0.2) is 0 Å². The molecule has 0 radical (unpaired) electrons. The number of nitrogens with zero attached hydrogens (tertiary/aromatic N) is 1. The van der Waals surface area contributed by atoms with Gasteiger partial charge in [0, 0.05) is 24.1 Å². The molecule has 1 aliphatic carbocycles. The van der Waals surface area contributed by atoms with Gasteiger partial charge in [-0.2, -0.15) is 0 Å². The number of aliphatic carboxylic acids is 1. The van der Waals surface area contributed by atoms with Crippen molar-refractivity contribution < 1.29 is 9.90 Å². The van der Waals surface area contributed by atoms with Crippen LogP contribution in [0.15, 0.2) is 29.3 Å². The number of hydrogen-bond donors (Lipinski definition) is 2. The normalized spacial score (nSPS) is 20.7. The monoisotopic (exact) mass is 286 g/mol. The molecule has 0 bridgehead atoms. The molecule has 1 fully saturated rings. The first-order valence-corrected chi connectivity index (χ1v) is 7.76. The van der Waals surface area contributed by atoms with Crippen molar-refractivity contribution in [1.82, 2.24) is 5.32 Å². The first-order valence-electron chi connectivity index (χ1n) is 7.76. The summed E-state index contributed by atoms with van der Waals surface area (Å²) in [7, 11) is 0. The summed E-state index contributed by atoms with van der Waals surface area (Å²) in [6.07, 6.45) is 6.67. The van der Waals surface area contributed by atoms with Crippen LogP contribution in [-0.4, -0.2) is 30.0 Å². The van der Waals surface area contributed by atoms with E-state index in [1.54, 1.807) is 0 Å². The molecular weight excluding hydrogens is 264 g/mol. The minimum atomic E-state index is -0.796. The zero-order chi connectivity index (χ0) is 14.7. The second-order valence-corrected chi connectivity index (χ2v) is 6.35. The Morgan fingerprint density at radius 1 is 1.19 bits per heavy atom. The fraction of sp³-hybridized carbons (Fsp3) is 0.529. The number of carbonyl (C=O) groups is 1. The number of hydrogen-bond acceptors (Lipinski definition) is 3. The highest BCUT2D eigenvalue weighted by atomic mass is 16.4. The lowest BCUT2D eigenvalue weighted by molar-refractivity contribution is -0.136. The van der Waals surface area contributed by atoms with Crippen molar-refractivity contribution in [2.45, 2.75) is 38.5 Å². The molecule has 0 unspecified atom stereocenters. The first kappa shape index (κ1) is 14.1. The van der Waals surface area contributed by atoms with Gasteiger partial charge in [-0.3, -0.25) is 9.79 Å². The molecule has 21 heavy (non-hydrogen) atoms. The minimum Gasteiger partial charge on any atom is -0.481 e. The fourth-order valence-electron chi connectivity index (χ4n) is 3.41. The van der Waals surface area contributed by atoms with Crippen molar-refractivity contribution in [2.75, 3.05) is 13.1 Å². The smallest absolute Gasteiger partial charge is 0.307 e. The maximum Gasteiger partial charge on any atom is 0.307 e. The van der Waals surface area contributed by atoms with Crippen LogP contribution in [0.25, 0.3) is 0 Å². The van der Waals surface area contributed by atoms with Crippen LogP contribution in [0.3, 0.4) is 0 Å². The molecule has 2 aliphatic rings. The molecule has 1 spiro atoms. The quantitative estimate of drug-likeness (QED) is 0.898. The van der Waals surface area contributed by atoms with Crippen LogP contribution in [0.4, 0.5) is 0 Å². The summed E-state index contributed by atoms with van der Waals surface area (Å²) in [6.45, 7) is 1.94. The average Bonchev–Trinajstić information content (AvgIpc) is 2.49. The van der Waals surface area contributed by atoms with Gasteiger partial charge in [0.25, 0.3) is 0 Å². The molecule has 0 atom stereocenters. The summed E-state index contributed by atoms with van der Waals surface area (Å²) < 4.78 is 0. The van der Waals surface area contributed by atoms with Crippen LogP contribution in [0, 0.1) is 5.41 Å². The number of nitrogens with one attached hydrogen (secondary N) is 1. The largest absolute Gasteiger partial charge is 0.481 e. The lowest BCUT2D eigenvalue weighted by Crippen LogP contribution is -2.45. The van der Waals surface area contributed by atoms with Gasteiger partial charge in [-0.1, -0.05) is 43.5 Å². The van der Waals surface area contributed by atoms with E-state index in [9.17, 15) is 4.79 Å². The molecule has 1 aromatic carbocycles. The van der Waals surface area contributed by atoms with Crippen molar-refractivity contribution in [2.24, 2.45) is 10.4 Å². The van der Waals surface area contributed by atoms with Crippen LogP contribution in [-0.2, 0) is 11.2 Å². The van der Waals surface area contributed by atoms with Crippen LogP contribution in [0.1, 0.15) is 43.2 Å². The third-order valence-corrected chi connectivity index (χ3v) is 4.70. The third kappa shape index (κ3) is 3.26. The zero-order valence-corrected chi connectivity index (χ0v) is 12.3. The van der Waals surface area contributed by atoms with E-state index in [0.29, 0.717) is 5.41 Å². The lowest BCUT2D eigenvalue weighted by Gasteiger charge is -2.39. The molecule has 0 aromatic heterocycles. The maximum absolute atomic E-state index is 10.7. The summed E-state index contributed by atoms with van der Waals surface area (Å²) >= 11 is 0. The fourth-order valence-corrected chi connectivity index (χ4v) is 3.41. The molecule has 1 saturated carbocycles. The molecule has 1 aliphatic heterocycles. The van der Waals surface area contributed by atoms with Gasteiger partial charge in [0.2, 0.25) is 0 Å². The van der Waals surface area contributed by atoms with E-state index in [1.165, 1.54) is 32.1 Å². The highest BCUT2D eigenvalue weighted by Gasteiger charge is 2.34. The Morgan fingerprint density at radius 2 is 1.90 bits per heavy atom. The molecule has 3 rings (SSSR count). The van der Waals surface area contributed by atoms with Crippen LogP contribution in [0.2, 0.25) is 0 Å². The highest BCUT2D eigenvalue weighted by molar-refractivity contribution is 5.99. The number of aliphatic imine (C=N–C) groups is 1. The lowest BCUT2D eigenvalue weighted by atomic mass is 9.73. The molecule has 1 aromatic rings. The zero-order valence-electron chi connectivity index (χ0n) is 12.3. The Kier molecular flexibility index (Phi) is 3.95. The SMILES string of the molecule is O=C(O)Cc1ccc(C2=NCC3(CCCCC3)CN2)cc1. The number of benzene rings is 1. The maximum atomic E-state index is 10.7. The number of carboxylic acids is 1. The topological polar surface area (TPSA) is 61.7 Å². The Labute approximate surface area is 125 Å². The molecule has 4 heteroatoms. The van der Waals surface area contributed by atoms with E-state index in [2.05, 4.69) is 5.32 Å². The number of amidine groups is 1. The van der Waals surface area contributed by atoms with Gasteiger partial charge in [0.15, 0.2) is 0 Å². The Bertz CT molecular complexity index is 542. The van der Waals surface area contributed by atoms with Crippen LogP contribution >= 0.6 is 0 Å². The van der Waals surface area contributed by atoms with Crippen LogP contribution < -0.4 is 5.32 Å². The van der Waals surface area contributed by atoms with Crippen molar-refractivity contribution in [3.8, 4) is 0 Å². The predicted octanol–water partition coefficient (Wildman–Crippen LogP) is 2.61. The molecule has 112 valence electrons. The predicted molar refractivity (Wildman–Crippen MR) is 82.7 cm³/mol. The van der Waals surface area contributed by atoms with Gasteiger partial charge in [0.1, 0.15) is 5.84 Å². The third-order valence-electron chi connectivity index (χ3n) is 4.70.